The van der Waals surface area contributed by atoms with Crippen LogP contribution in [0.5, 0.6) is 5.75 Å². The van der Waals surface area contributed by atoms with Crippen LogP contribution in [0.2, 0.25) is 0 Å². The van der Waals surface area contributed by atoms with Crippen LogP contribution in [0.1, 0.15) is 12.5 Å². The first-order valence-corrected chi connectivity index (χ1v) is 7.39. The minimum atomic E-state index is 0.00605. The molecule has 0 saturated carbocycles. The van der Waals surface area contributed by atoms with E-state index in [-0.39, 0.29) is 12.0 Å². The summed E-state index contributed by atoms with van der Waals surface area (Å²) >= 11 is 0. The normalized spacial score (nSPS) is 16.1. The molecule has 4 heteroatoms. The molecule has 3 rings (SSSR count). The highest BCUT2D eigenvalue weighted by Gasteiger charge is 2.23. The fraction of sp³-hybridized carbons (Fsp3) is 0.278. The lowest BCUT2D eigenvalue weighted by molar-refractivity contribution is -0.116. The van der Waals surface area contributed by atoms with Gasteiger partial charge in [-0.1, -0.05) is 36.4 Å². The molecule has 0 spiro atoms. The number of ether oxygens (including phenoxy) is 2. The quantitative estimate of drug-likeness (QED) is 0.770. The summed E-state index contributed by atoms with van der Waals surface area (Å²) < 4.78 is 10.8. The second-order valence-electron chi connectivity index (χ2n) is 5.35. The summed E-state index contributed by atoms with van der Waals surface area (Å²) in [4.78, 5) is 13.7. The van der Waals surface area contributed by atoms with Crippen molar-refractivity contribution in [3.63, 3.8) is 0 Å². The lowest BCUT2D eigenvalue weighted by atomic mass is 10.2. The van der Waals surface area contributed by atoms with E-state index in [0.717, 1.165) is 23.6 Å². The molecule has 1 saturated heterocycles. The Bertz CT molecular complexity index is 638. The van der Waals surface area contributed by atoms with Crippen molar-refractivity contribution in [2.45, 2.75) is 19.6 Å². The van der Waals surface area contributed by atoms with Crippen molar-refractivity contribution in [3.05, 3.63) is 60.2 Å². The van der Waals surface area contributed by atoms with Crippen LogP contribution in [0.25, 0.3) is 0 Å². The molecular formula is C18H19NO3. The van der Waals surface area contributed by atoms with Gasteiger partial charge in [0.25, 0.3) is 0 Å². The third-order valence-electron chi connectivity index (χ3n) is 3.53. The van der Waals surface area contributed by atoms with E-state index in [1.807, 2.05) is 54.6 Å². The molecule has 1 fully saturated rings. The molecule has 0 aromatic heterocycles. The molecule has 0 bridgehead atoms. The second kappa shape index (κ2) is 6.62. The molecule has 2 aromatic carbocycles. The Morgan fingerprint density at radius 2 is 2.00 bits per heavy atom. The molecule has 1 atom stereocenters. The van der Waals surface area contributed by atoms with Gasteiger partial charge in [-0.3, -0.25) is 4.79 Å². The third-order valence-corrected chi connectivity index (χ3v) is 3.53. The molecule has 1 amide bonds. The number of nitrogens with zero attached hydrogens (tertiary/aromatic N) is 1. The molecule has 1 aliphatic heterocycles. The maximum Gasteiger partial charge on any atom is 0.224 e. The van der Waals surface area contributed by atoms with Gasteiger partial charge in [0, 0.05) is 18.7 Å². The van der Waals surface area contributed by atoms with Crippen LogP contribution in [0.4, 0.5) is 5.69 Å². The predicted molar refractivity (Wildman–Crippen MR) is 85.0 cm³/mol. The van der Waals surface area contributed by atoms with Gasteiger partial charge in [-0.2, -0.15) is 0 Å². The van der Waals surface area contributed by atoms with E-state index in [4.69, 9.17) is 9.47 Å². The summed E-state index contributed by atoms with van der Waals surface area (Å²) in [5.41, 5.74) is 1.93. The smallest absolute Gasteiger partial charge is 0.224 e. The summed E-state index contributed by atoms with van der Waals surface area (Å²) in [5, 5.41) is 0. The summed E-state index contributed by atoms with van der Waals surface area (Å²) in [7, 11) is 0. The van der Waals surface area contributed by atoms with Gasteiger partial charge < -0.3 is 14.4 Å². The molecule has 1 heterocycles. The Kier molecular flexibility index (Phi) is 4.39. The molecule has 0 aliphatic carbocycles. The van der Waals surface area contributed by atoms with E-state index in [0.29, 0.717) is 13.2 Å². The first-order valence-electron chi connectivity index (χ1n) is 7.39. The van der Waals surface area contributed by atoms with Gasteiger partial charge in [0.15, 0.2) is 0 Å². The summed E-state index contributed by atoms with van der Waals surface area (Å²) in [5.74, 6) is 0.763. The lowest BCUT2D eigenvalue weighted by Crippen LogP contribution is -2.27. The average molecular weight is 297 g/mol. The summed E-state index contributed by atoms with van der Waals surface area (Å²) in [6.07, 6.45) is 0.219. The van der Waals surface area contributed by atoms with Crippen LogP contribution >= 0.6 is 0 Å². The number of anilines is 1. The number of hydrogen-bond donors (Lipinski definition) is 0. The fourth-order valence-corrected chi connectivity index (χ4v) is 2.25. The molecule has 114 valence electrons. The number of rotatable bonds is 6. The van der Waals surface area contributed by atoms with Crippen molar-refractivity contribution >= 4 is 11.6 Å². The highest BCUT2D eigenvalue weighted by Crippen LogP contribution is 2.24. The molecule has 0 radical (unpaired) electrons. The van der Waals surface area contributed by atoms with Gasteiger partial charge in [0.05, 0.1) is 13.2 Å². The van der Waals surface area contributed by atoms with Crippen molar-refractivity contribution in [1.29, 1.82) is 0 Å². The highest BCUT2D eigenvalue weighted by atomic mass is 16.6. The van der Waals surface area contributed by atoms with Crippen molar-refractivity contribution in [2.75, 3.05) is 18.1 Å². The minimum Gasteiger partial charge on any atom is -0.491 e. The minimum absolute atomic E-state index is 0.00605. The van der Waals surface area contributed by atoms with Crippen molar-refractivity contribution in [2.24, 2.45) is 0 Å². The second-order valence-corrected chi connectivity index (χ2v) is 5.35. The van der Waals surface area contributed by atoms with Crippen molar-refractivity contribution < 1.29 is 14.3 Å². The molecule has 1 aliphatic rings. The Morgan fingerprint density at radius 3 is 2.68 bits per heavy atom. The maximum atomic E-state index is 12.0. The molecule has 4 nitrogen and oxygen atoms in total. The van der Waals surface area contributed by atoms with Crippen LogP contribution in [0, 0.1) is 0 Å². The Labute approximate surface area is 130 Å². The Balaban J connectivity index is 1.75. The first-order chi connectivity index (χ1) is 10.7. The molecule has 0 unspecified atom stereocenters. The summed E-state index contributed by atoms with van der Waals surface area (Å²) in [6, 6.07) is 17.6. The van der Waals surface area contributed by atoms with Crippen molar-refractivity contribution in [1.82, 2.24) is 0 Å². The standard InChI is InChI=1S/C18H19NO3/c1-14(20)19(11-15-6-3-2-4-7-15)16-8-5-9-17(10-16)21-12-18-13-22-18/h2-10,18H,11-13H2,1H3/t18-/m0/s1. The van der Waals surface area contributed by atoms with Crippen LogP contribution in [0.3, 0.4) is 0 Å². The predicted octanol–water partition coefficient (Wildman–Crippen LogP) is 3.02. The van der Waals surface area contributed by atoms with E-state index < -0.39 is 0 Å². The fourth-order valence-electron chi connectivity index (χ4n) is 2.25. The Hall–Kier alpha value is -2.33. The van der Waals surface area contributed by atoms with E-state index in [2.05, 4.69) is 0 Å². The van der Waals surface area contributed by atoms with Gasteiger partial charge in [-0.25, -0.2) is 0 Å². The highest BCUT2D eigenvalue weighted by molar-refractivity contribution is 5.91. The lowest BCUT2D eigenvalue weighted by Gasteiger charge is -2.22. The van der Waals surface area contributed by atoms with E-state index in [1.165, 1.54) is 0 Å². The molecule has 0 N–H and O–H groups in total. The van der Waals surface area contributed by atoms with Crippen LogP contribution in [0.15, 0.2) is 54.6 Å². The average Bonchev–Trinajstić information content (AvgIpc) is 3.36. The molecule has 2 aromatic rings. The van der Waals surface area contributed by atoms with Gasteiger partial charge in [-0.05, 0) is 17.7 Å². The molecular weight excluding hydrogens is 278 g/mol. The van der Waals surface area contributed by atoms with Gasteiger partial charge in [0.2, 0.25) is 5.91 Å². The van der Waals surface area contributed by atoms with E-state index >= 15 is 0 Å². The first kappa shape index (κ1) is 14.6. The van der Waals surface area contributed by atoms with E-state index in [1.54, 1.807) is 11.8 Å². The maximum absolute atomic E-state index is 12.0. The largest absolute Gasteiger partial charge is 0.491 e. The van der Waals surface area contributed by atoms with Gasteiger partial charge >= 0.3 is 0 Å². The van der Waals surface area contributed by atoms with E-state index in [9.17, 15) is 4.79 Å². The number of benzene rings is 2. The number of hydrogen-bond acceptors (Lipinski definition) is 3. The van der Waals surface area contributed by atoms with Crippen LogP contribution in [-0.2, 0) is 16.1 Å². The summed E-state index contributed by atoms with van der Waals surface area (Å²) in [6.45, 7) is 3.45. The van der Waals surface area contributed by atoms with Crippen LogP contribution < -0.4 is 9.64 Å². The van der Waals surface area contributed by atoms with Gasteiger partial charge in [-0.15, -0.1) is 0 Å². The monoisotopic (exact) mass is 297 g/mol. The SMILES string of the molecule is CC(=O)N(Cc1ccccc1)c1cccc(OC[C@H]2CO2)c1. The zero-order valence-corrected chi connectivity index (χ0v) is 12.6. The van der Waals surface area contributed by atoms with Crippen LogP contribution in [-0.4, -0.2) is 25.2 Å². The molecule has 22 heavy (non-hydrogen) atoms. The Morgan fingerprint density at radius 1 is 1.23 bits per heavy atom. The number of carbonyl (C=O) groups excluding carboxylic acids is 1. The zero-order chi connectivity index (χ0) is 15.4. The topological polar surface area (TPSA) is 42.1 Å². The number of amides is 1. The number of epoxide rings is 1. The van der Waals surface area contributed by atoms with Crippen molar-refractivity contribution in [3.8, 4) is 5.75 Å². The number of carbonyl (C=O) groups is 1. The van der Waals surface area contributed by atoms with Gasteiger partial charge in [0.1, 0.15) is 18.5 Å². The third kappa shape index (κ3) is 3.86. The zero-order valence-electron chi connectivity index (χ0n) is 12.6.